The number of piperazine rings is 1. The van der Waals surface area contributed by atoms with E-state index in [1.165, 1.54) is 39.1 Å². The summed E-state index contributed by atoms with van der Waals surface area (Å²) in [5, 5.41) is 0. The van der Waals surface area contributed by atoms with Gasteiger partial charge in [-0.2, -0.15) is 0 Å². The Morgan fingerprint density at radius 2 is 1.17 bits per heavy atom. The largest absolute Gasteiger partial charge is 0.329 e. The van der Waals surface area contributed by atoms with Crippen LogP contribution in [0.3, 0.4) is 0 Å². The summed E-state index contributed by atoms with van der Waals surface area (Å²) in [7, 11) is 0. The molecule has 136 valence electrons. The highest BCUT2D eigenvalue weighted by atomic mass is 35.5. The van der Waals surface area contributed by atoms with Crippen LogP contribution in [0.25, 0.3) is 0 Å². The molecule has 5 heteroatoms. The fraction of sp³-hybridized carbons (Fsp3) is 1.00. The third-order valence-electron chi connectivity index (χ3n) is 7.03. The van der Waals surface area contributed by atoms with Crippen molar-refractivity contribution >= 4 is 24.8 Å². The predicted octanol–water partition coefficient (Wildman–Crippen LogP) is 3.01. The average Bonchev–Trinajstić information content (AvgIpc) is 2.46. The van der Waals surface area contributed by atoms with E-state index in [4.69, 9.17) is 5.73 Å². The Morgan fingerprint density at radius 3 is 1.61 bits per heavy atom. The van der Waals surface area contributed by atoms with E-state index in [1.807, 2.05) is 0 Å². The van der Waals surface area contributed by atoms with E-state index >= 15 is 0 Å². The second-order valence-electron chi connectivity index (χ2n) is 8.64. The molecule has 5 aliphatic rings. The molecule has 0 aromatic carbocycles. The fourth-order valence-corrected chi connectivity index (χ4v) is 6.41. The second-order valence-corrected chi connectivity index (χ2v) is 8.64. The van der Waals surface area contributed by atoms with Gasteiger partial charge in [0, 0.05) is 39.3 Å². The monoisotopic (exact) mass is 363 g/mol. The lowest BCUT2D eigenvalue weighted by Crippen LogP contribution is -2.50. The molecule has 0 spiro atoms. The van der Waals surface area contributed by atoms with Gasteiger partial charge in [-0.1, -0.05) is 0 Å². The van der Waals surface area contributed by atoms with Crippen molar-refractivity contribution < 1.29 is 0 Å². The summed E-state index contributed by atoms with van der Waals surface area (Å²) in [6.45, 7) is 8.27. The van der Waals surface area contributed by atoms with Crippen LogP contribution in [0, 0.1) is 23.2 Å². The maximum absolute atomic E-state index is 5.67. The minimum absolute atomic E-state index is 0. The van der Waals surface area contributed by atoms with Crippen LogP contribution in [0.15, 0.2) is 0 Å². The average molecular weight is 364 g/mol. The molecule has 4 bridgehead atoms. The highest BCUT2D eigenvalue weighted by Crippen LogP contribution is 2.61. The topological polar surface area (TPSA) is 32.5 Å². The van der Waals surface area contributed by atoms with Gasteiger partial charge in [-0.05, 0) is 74.7 Å². The first kappa shape index (κ1) is 19.8. The molecule has 0 unspecified atom stereocenters. The summed E-state index contributed by atoms with van der Waals surface area (Å²) >= 11 is 0. The summed E-state index contributed by atoms with van der Waals surface area (Å²) in [6.07, 6.45) is 11.0. The smallest absolute Gasteiger partial charge is 0.0110 e. The van der Waals surface area contributed by atoms with Gasteiger partial charge in [0.1, 0.15) is 0 Å². The molecule has 4 saturated carbocycles. The summed E-state index contributed by atoms with van der Waals surface area (Å²) in [6, 6.07) is 0. The van der Waals surface area contributed by atoms with Gasteiger partial charge in [0.2, 0.25) is 0 Å². The normalized spacial score (nSPS) is 39.8. The number of hydrogen-bond donors (Lipinski definition) is 1. The quantitative estimate of drug-likeness (QED) is 0.814. The van der Waals surface area contributed by atoms with Crippen molar-refractivity contribution in [1.82, 2.24) is 9.80 Å². The number of halogens is 2. The Bertz CT molecular complexity index is 334. The van der Waals surface area contributed by atoms with Gasteiger partial charge in [-0.25, -0.2) is 0 Å². The molecule has 23 heavy (non-hydrogen) atoms. The minimum atomic E-state index is 0. The van der Waals surface area contributed by atoms with Crippen LogP contribution in [-0.4, -0.2) is 55.6 Å². The zero-order valence-corrected chi connectivity index (χ0v) is 16.1. The molecule has 3 nitrogen and oxygen atoms in total. The van der Waals surface area contributed by atoms with Gasteiger partial charge in [0.25, 0.3) is 0 Å². The van der Waals surface area contributed by atoms with E-state index in [-0.39, 0.29) is 24.8 Å². The molecule has 0 aromatic heterocycles. The summed E-state index contributed by atoms with van der Waals surface area (Å²) in [5.74, 6) is 3.33. The molecule has 4 aliphatic carbocycles. The number of nitrogens with two attached hydrogens (primary N) is 1. The lowest BCUT2D eigenvalue weighted by atomic mass is 9.49. The van der Waals surface area contributed by atoms with Crippen LogP contribution in [0.1, 0.15) is 44.9 Å². The van der Waals surface area contributed by atoms with Crippen molar-refractivity contribution in [3.8, 4) is 0 Å². The minimum Gasteiger partial charge on any atom is -0.329 e. The number of nitrogens with zero attached hydrogens (tertiary/aromatic N) is 2. The van der Waals surface area contributed by atoms with Crippen molar-refractivity contribution in [3.63, 3.8) is 0 Å². The molecule has 1 saturated heterocycles. The van der Waals surface area contributed by atoms with Crippen molar-refractivity contribution in [2.45, 2.75) is 44.9 Å². The van der Waals surface area contributed by atoms with Gasteiger partial charge < -0.3 is 10.6 Å². The zero-order valence-electron chi connectivity index (χ0n) is 14.4. The Morgan fingerprint density at radius 1 is 0.739 bits per heavy atom. The Balaban J connectivity index is 0.000000960. The van der Waals surface area contributed by atoms with Gasteiger partial charge in [-0.15, -0.1) is 24.8 Å². The van der Waals surface area contributed by atoms with E-state index in [0.717, 1.165) is 36.3 Å². The van der Waals surface area contributed by atoms with Crippen LogP contribution in [0.5, 0.6) is 0 Å². The second kappa shape index (κ2) is 8.23. The van der Waals surface area contributed by atoms with Crippen LogP contribution < -0.4 is 5.73 Å². The Hall–Kier alpha value is 0.460. The van der Waals surface area contributed by atoms with Crippen molar-refractivity contribution in [2.75, 3.05) is 45.8 Å². The summed E-state index contributed by atoms with van der Waals surface area (Å²) in [4.78, 5) is 5.26. The van der Waals surface area contributed by atoms with Gasteiger partial charge >= 0.3 is 0 Å². The first-order chi connectivity index (χ1) is 10.2. The van der Waals surface area contributed by atoms with Gasteiger partial charge in [-0.3, -0.25) is 4.90 Å². The van der Waals surface area contributed by atoms with Crippen molar-refractivity contribution in [3.05, 3.63) is 0 Å². The van der Waals surface area contributed by atoms with E-state index < -0.39 is 0 Å². The first-order valence-corrected chi connectivity index (χ1v) is 9.39. The maximum Gasteiger partial charge on any atom is 0.0110 e. The van der Waals surface area contributed by atoms with Crippen molar-refractivity contribution in [1.29, 1.82) is 0 Å². The van der Waals surface area contributed by atoms with Crippen LogP contribution >= 0.6 is 24.8 Å². The van der Waals surface area contributed by atoms with E-state index in [1.54, 1.807) is 38.5 Å². The van der Waals surface area contributed by atoms with Gasteiger partial charge in [0.15, 0.2) is 0 Å². The molecule has 1 heterocycles. The lowest BCUT2D eigenvalue weighted by molar-refractivity contribution is -0.0622. The van der Waals surface area contributed by atoms with E-state index in [2.05, 4.69) is 9.80 Å². The molecular formula is C18H35Cl2N3. The Labute approximate surface area is 154 Å². The third-order valence-corrected chi connectivity index (χ3v) is 7.03. The first-order valence-electron chi connectivity index (χ1n) is 9.39. The molecule has 0 atom stereocenters. The van der Waals surface area contributed by atoms with E-state index in [9.17, 15) is 0 Å². The molecule has 1 aliphatic heterocycles. The third kappa shape index (κ3) is 4.36. The summed E-state index contributed by atoms with van der Waals surface area (Å²) in [5.41, 5.74) is 6.43. The van der Waals surface area contributed by atoms with Crippen LogP contribution in [-0.2, 0) is 0 Å². The predicted molar refractivity (Wildman–Crippen MR) is 102 cm³/mol. The molecular weight excluding hydrogens is 329 g/mol. The maximum atomic E-state index is 5.67. The molecule has 5 fully saturated rings. The van der Waals surface area contributed by atoms with E-state index in [0.29, 0.717) is 0 Å². The molecule has 2 N–H and O–H groups in total. The Kier molecular flexibility index (Phi) is 7.07. The fourth-order valence-electron chi connectivity index (χ4n) is 6.41. The SMILES string of the molecule is Cl.Cl.NCCN1CCN(CCC23CC4CC(CC(C4)C2)C3)CC1. The molecule has 5 rings (SSSR count). The van der Waals surface area contributed by atoms with Gasteiger partial charge in [0.05, 0.1) is 0 Å². The highest BCUT2D eigenvalue weighted by molar-refractivity contribution is 5.85. The lowest BCUT2D eigenvalue weighted by Gasteiger charge is -2.57. The molecule has 0 aromatic rings. The van der Waals surface area contributed by atoms with Crippen molar-refractivity contribution in [2.24, 2.45) is 28.9 Å². The number of hydrogen-bond acceptors (Lipinski definition) is 3. The number of rotatable bonds is 5. The van der Waals surface area contributed by atoms with Crippen LogP contribution in [0.4, 0.5) is 0 Å². The molecule has 0 amide bonds. The zero-order chi connectivity index (χ0) is 14.3. The highest BCUT2D eigenvalue weighted by Gasteiger charge is 2.50. The summed E-state index contributed by atoms with van der Waals surface area (Å²) < 4.78 is 0. The molecule has 0 radical (unpaired) electrons. The van der Waals surface area contributed by atoms with Crippen LogP contribution in [0.2, 0.25) is 0 Å². The standard InChI is InChI=1S/C18H33N3.2ClH/c19-2-4-21-7-5-20(6-8-21)3-1-18-12-15-9-16(13-18)11-17(10-15)14-18;;/h15-17H,1-14,19H2;2*1H.